The van der Waals surface area contributed by atoms with Crippen LogP contribution in [0.4, 0.5) is 0 Å². The molecular weight excluding hydrogens is 318 g/mol. The lowest BCUT2D eigenvalue weighted by Gasteiger charge is -2.24. The first-order valence-electron chi connectivity index (χ1n) is 8.40. The molecule has 1 unspecified atom stereocenters. The number of rotatable bonds is 5. The summed E-state index contributed by atoms with van der Waals surface area (Å²) in [5.74, 6) is 1.12. The molecule has 0 N–H and O–H groups in total. The van der Waals surface area contributed by atoms with Gasteiger partial charge in [-0.3, -0.25) is 4.79 Å². The summed E-state index contributed by atoms with van der Waals surface area (Å²) >= 11 is 0. The molecule has 2 aromatic heterocycles. The number of para-hydroxylation sites is 2. The van der Waals surface area contributed by atoms with Crippen LogP contribution in [-0.4, -0.2) is 37.7 Å². The zero-order valence-electron chi connectivity index (χ0n) is 15.2. The Morgan fingerprint density at radius 2 is 1.96 bits per heavy atom. The van der Waals surface area contributed by atoms with Crippen molar-refractivity contribution in [3.8, 4) is 0 Å². The number of nitrogens with zero attached hydrogens (tertiary/aromatic N) is 5. The Labute approximate surface area is 146 Å². The number of benzene rings is 1. The monoisotopic (exact) mass is 341 g/mol. The third kappa shape index (κ3) is 3.14. The van der Waals surface area contributed by atoms with Crippen LogP contribution in [0.25, 0.3) is 11.0 Å². The molecule has 1 atom stereocenters. The number of imidazole rings is 1. The molecule has 0 fully saturated rings. The van der Waals surface area contributed by atoms with E-state index in [4.69, 9.17) is 9.61 Å². The topological polar surface area (TPSA) is 77.0 Å². The van der Waals surface area contributed by atoms with Crippen molar-refractivity contribution < 1.29 is 9.42 Å². The summed E-state index contributed by atoms with van der Waals surface area (Å²) in [6.07, 6.45) is 0. The SMILES string of the molecule is Cc1nonc1CN(C)C(=O)C(C)n1c(C(C)C)nc2ccccc21. The fourth-order valence-electron chi connectivity index (χ4n) is 3.00. The van der Waals surface area contributed by atoms with Crippen LogP contribution in [0.2, 0.25) is 0 Å². The average Bonchev–Trinajstić information content (AvgIpc) is 3.17. The number of aromatic nitrogens is 4. The third-order valence-corrected chi connectivity index (χ3v) is 4.39. The summed E-state index contributed by atoms with van der Waals surface area (Å²) in [6, 6.07) is 7.54. The van der Waals surface area contributed by atoms with Gasteiger partial charge < -0.3 is 9.47 Å². The van der Waals surface area contributed by atoms with Crippen LogP contribution < -0.4 is 0 Å². The number of fused-ring (bicyclic) bond motifs is 1. The van der Waals surface area contributed by atoms with E-state index in [9.17, 15) is 4.79 Å². The Kier molecular flexibility index (Phi) is 4.57. The van der Waals surface area contributed by atoms with Crippen molar-refractivity contribution in [3.63, 3.8) is 0 Å². The number of hydrogen-bond donors (Lipinski definition) is 0. The van der Waals surface area contributed by atoms with Gasteiger partial charge in [-0.05, 0) is 26.0 Å². The van der Waals surface area contributed by atoms with Crippen LogP contribution in [0, 0.1) is 6.92 Å². The van der Waals surface area contributed by atoms with Crippen LogP contribution in [0.3, 0.4) is 0 Å². The first-order valence-corrected chi connectivity index (χ1v) is 8.40. The molecule has 0 saturated carbocycles. The largest absolute Gasteiger partial charge is 0.338 e. The molecule has 7 heteroatoms. The van der Waals surface area contributed by atoms with Crippen LogP contribution in [-0.2, 0) is 11.3 Å². The summed E-state index contributed by atoms with van der Waals surface area (Å²) < 4.78 is 6.75. The number of likely N-dealkylation sites (N-methyl/N-ethyl adjacent to an activating group) is 1. The molecule has 132 valence electrons. The van der Waals surface area contributed by atoms with E-state index in [2.05, 4.69) is 24.2 Å². The molecule has 25 heavy (non-hydrogen) atoms. The molecule has 0 aliphatic rings. The first kappa shape index (κ1) is 17.1. The summed E-state index contributed by atoms with van der Waals surface area (Å²) in [5.41, 5.74) is 3.25. The lowest BCUT2D eigenvalue weighted by Crippen LogP contribution is -2.33. The van der Waals surface area contributed by atoms with Crippen LogP contribution in [0.15, 0.2) is 28.9 Å². The van der Waals surface area contributed by atoms with Crippen molar-refractivity contribution in [1.29, 1.82) is 0 Å². The summed E-state index contributed by atoms with van der Waals surface area (Å²) in [5, 5.41) is 7.62. The van der Waals surface area contributed by atoms with Gasteiger partial charge in [0.05, 0.1) is 17.6 Å². The van der Waals surface area contributed by atoms with Crippen molar-refractivity contribution in [1.82, 2.24) is 24.8 Å². The van der Waals surface area contributed by atoms with E-state index in [1.165, 1.54) is 0 Å². The molecule has 1 aromatic carbocycles. The second-order valence-electron chi connectivity index (χ2n) is 6.65. The molecule has 0 aliphatic heterocycles. The van der Waals surface area contributed by atoms with Crippen LogP contribution in [0.1, 0.15) is 49.9 Å². The van der Waals surface area contributed by atoms with Gasteiger partial charge in [-0.15, -0.1) is 0 Å². The quantitative estimate of drug-likeness (QED) is 0.713. The lowest BCUT2D eigenvalue weighted by molar-refractivity contribution is -0.133. The zero-order valence-corrected chi connectivity index (χ0v) is 15.2. The standard InChI is InChI=1S/C18H23N5O2/c1-11(2)17-19-14-8-6-7-9-16(14)23(17)13(4)18(24)22(5)10-15-12(3)20-25-21-15/h6-9,11,13H,10H2,1-5H3. The molecule has 7 nitrogen and oxygen atoms in total. The minimum Gasteiger partial charge on any atom is -0.338 e. The van der Waals surface area contributed by atoms with E-state index in [0.29, 0.717) is 17.9 Å². The maximum absolute atomic E-state index is 13.0. The van der Waals surface area contributed by atoms with E-state index in [1.54, 1.807) is 11.9 Å². The highest BCUT2D eigenvalue weighted by molar-refractivity contribution is 5.84. The van der Waals surface area contributed by atoms with Gasteiger partial charge >= 0.3 is 0 Å². The minimum absolute atomic E-state index is 0.00699. The molecular formula is C18H23N5O2. The van der Waals surface area contributed by atoms with Gasteiger partial charge in [-0.2, -0.15) is 0 Å². The number of amides is 1. The van der Waals surface area contributed by atoms with E-state index in [0.717, 1.165) is 16.9 Å². The Morgan fingerprint density at radius 1 is 1.24 bits per heavy atom. The predicted octanol–water partition coefficient (Wildman–Crippen LogP) is 3.07. The second-order valence-corrected chi connectivity index (χ2v) is 6.65. The van der Waals surface area contributed by atoms with Gasteiger partial charge in [0.2, 0.25) is 5.91 Å². The van der Waals surface area contributed by atoms with Crippen molar-refractivity contribution >= 4 is 16.9 Å². The Balaban J connectivity index is 1.93. The summed E-state index contributed by atoms with van der Waals surface area (Å²) in [7, 11) is 1.76. The molecule has 0 spiro atoms. The lowest BCUT2D eigenvalue weighted by atomic mass is 10.2. The average molecular weight is 341 g/mol. The van der Waals surface area contributed by atoms with Crippen molar-refractivity contribution in [2.75, 3.05) is 7.05 Å². The van der Waals surface area contributed by atoms with E-state index < -0.39 is 0 Å². The number of carbonyl (C=O) groups is 1. The highest BCUT2D eigenvalue weighted by Crippen LogP contribution is 2.27. The first-order chi connectivity index (χ1) is 11.9. The molecule has 2 heterocycles. The molecule has 1 amide bonds. The molecule has 3 aromatic rings. The molecule has 0 bridgehead atoms. The van der Waals surface area contributed by atoms with Crippen molar-refractivity contribution in [2.45, 2.75) is 46.2 Å². The van der Waals surface area contributed by atoms with Gasteiger partial charge in [0, 0.05) is 13.0 Å². The fourth-order valence-corrected chi connectivity index (χ4v) is 3.00. The van der Waals surface area contributed by atoms with Crippen LogP contribution >= 0.6 is 0 Å². The maximum atomic E-state index is 13.0. The molecule has 3 rings (SSSR count). The molecule has 0 saturated heterocycles. The van der Waals surface area contributed by atoms with Gasteiger partial charge in [-0.25, -0.2) is 9.61 Å². The number of hydrogen-bond acceptors (Lipinski definition) is 5. The predicted molar refractivity (Wildman–Crippen MR) is 94.0 cm³/mol. The van der Waals surface area contributed by atoms with Crippen molar-refractivity contribution in [2.24, 2.45) is 0 Å². The Morgan fingerprint density at radius 3 is 2.60 bits per heavy atom. The smallest absolute Gasteiger partial charge is 0.245 e. The van der Waals surface area contributed by atoms with Gasteiger partial charge in [0.15, 0.2) is 0 Å². The Hall–Kier alpha value is -2.70. The van der Waals surface area contributed by atoms with Gasteiger partial charge in [0.25, 0.3) is 0 Å². The van der Waals surface area contributed by atoms with Crippen molar-refractivity contribution in [3.05, 3.63) is 41.5 Å². The van der Waals surface area contributed by atoms with E-state index in [1.807, 2.05) is 42.7 Å². The fraction of sp³-hybridized carbons (Fsp3) is 0.444. The van der Waals surface area contributed by atoms with Gasteiger partial charge in [0.1, 0.15) is 23.3 Å². The normalized spacial score (nSPS) is 12.7. The summed E-state index contributed by atoms with van der Waals surface area (Å²) in [6.45, 7) is 8.26. The third-order valence-electron chi connectivity index (χ3n) is 4.39. The second kappa shape index (κ2) is 6.66. The molecule has 0 aliphatic carbocycles. The van der Waals surface area contributed by atoms with Gasteiger partial charge in [-0.1, -0.05) is 36.3 Å². The minimum atomic E-state index is -0.366. The zero-order chi connectivity index (χ0) is 18.1. The highest BCUT2D eigenvalue weighted by Gasteiger charge is 2.26. The van der Waals surface area contributed by atoms with E-state index >= 15 is 0 Å². The summed E-state index contributed by atoms with van der Waals surface area (Å²) in [4.78, 5) is 19.4. The maximum Gasteiger partial charge on any atom is 0.245 e. The number of carbonyl (C=O) groups excluding carboxylic acids is 1. The van der Waals surface area contributed by atoms with E-state index in [-0.39, 0.29) is 17.9 Å². The highest BCUT2D eigenvalue weighted by atomic mass is 16.6. The van der Waals surface area contributed by atoms with Crippen LogP contribution in [0.5, 0.6) is 0 Å². The number of aryl methyl sites for hydroxylation is 1. The molecule has 0 radical (unpaired) electrons. The Bertz CT molecular complexity index is 896.